The van der Waals surface area contributed by atoms with E-state index < -0.39 is 0 Å². The second-order valence-electron chi connectivity index (χ2n) is 13.6. The van der Waals surface area contributed by atoms with E-state index in [-0.39, 0.29) is 0 Å². The van der Waals surface area contributed by atoms with Crippen molar-refractivity contribution >= 4 is 32.3 Å². The number of aromatic nitrogens is 3. The molecule has 0 amide bonds. The fraction of sp³-hybridized carbons (Fsp3) is 0. The van der Waals surface area contributed by atoms with E-state index in [0.717, 1.165) is 55.8 Å². The van der Waals surface area contributed by atoms with Crippen molar-refractivity contribution in [2.75, 3.05) is 0 Å². The summed E-state index contributed by atoms with van der Waals surface area (Å²) >= 11 is 1.82. The van der Waals surface area contributed by atoms with Crippen LogP contribution >= 0.6 is 11.3 Å². The Morgan fingerprint density at radius 2 is 0.855 bits per heavy atom. The van der Waals surface area contributed by atoms with Gasteiger partial charge in [-0.3, -0.25) is 0 Å². The molecule has 10 aromatic rings. The molecule has 3 aromatic heterocycles. The van der Waals surface area contributed by atoms with Gasteiger partial charge in [-0.2, -0.15) is 0 Å². The Balaban J connectivity index is 1.18. The van der Waals surface area contributed by atoms with Crippen LogP contribution < -0.4 is 0 Å². The van der Waals surface area contributed by atoms with Crippen molar-refractivity contribution in [2.24, 2.45) is 0 Å². The van der Waals surface area contributed by atoms with Crippen LogP contribution in [0.25, 0.3) is 98.8 Å². The van der Waals surface area contributed by atoms with Gasteiger partial charge in [-0.1, -0.05) is 182 Å². The predicted molar refractivity (Wildman–Crippen MR) is 231 cm³/mol. The number of rotatable bonds is 7. The molecule has 0 aliphatic heterocycles. The summed E-state index contributed by atoms with van der Waals surface area (Å²) in [6.45, 7) is 0. The van der Waals surface area contributed by atoms with Crippen molar-refractivity contribution in [3.8, 4) is 77.9 Å². The fourth-order valence-electron chi connectivity index (χ4n) is 7.43. The minimum atomic E-state index is 0.696. The first kappa shape index (κ1) is 32.6. The highest BCUT2D eigenvalue weighted by atomic mass is 32.1. The average molecular weight is 720 g/mol. The first-order valence-electron chi connectivity index (χ1n) is 18.4. The number of pyridine rings is 1. The molecule has 0 fully saturated rings. The lowest BCUT2D eigenvalue weighted by Gasteiger charge is -2.12. The predicted octanol–water partition coefficient (Wildman–Crippen LogP) is 13.9. The molecular formula is C51H33N3S. The van der Waals surface area contributed by atoms with Crippen LogP contribution in [-0.2, 0) is 0 Å². The molecule has 55 heavy (non-hydrogen) atoms. The Hall–Kier alpha value is -7.01. The lowest BCUT2D eigenvalue weighted by Crippen LogP contribution is -1.96. The molecule has 0 saturated carbocycles. The van der Waals surface area contributed by atoms with Gasteiger partial charge in [-0.15, -0.1) is 11.3 Å². The van der Waals surface area contributed by atoms with Crippen LogP contribution in [0.5, 0.6) is 0 Å². The zero-order valence-corrected chi connectivity index (χ0v) is 30.6. The van der Waals surface area contributed by atoms with E-state index in [1.165, 1.54) is 37.2 Å². The summed E-state index contributed by atoms with van der Waals surface area (Å²) in [5, 5.41) is 2.36. The summed E-state index contributed by atoms with van der Waals surface area (Å²) < 4.78 is 1.18. The van der Waals surface area contributed by atoms with E-state index in [4.69, 9.17) is 15.0 Å². The molecule has 3 heterocycles. The first-order valence-corrected chi connectivity index (χ1v) is 19.3. The van der Waals surface area contributed by atoms with Gasteiger partial charge in [-0.25, -0.2) is 15.0 Å². The molecule has 0 atom stereocenters. The minimum Gasteiger partial charge on any atom is -0.246 e. The summed E-state index contributed by atoms with van der Waals surface area (Å²) in [5.41, 5.74) is 13.8. The van der Waals surface area contributed by atoms with Crippen LogP contribution in [0.4, 0.5) is 0 Å². The van der Waals surface area contributed by atoms with E-state index in [0.29, 0.717) is 5.82 Å². The van der Waals surface area contributed by atoms with Crippen LogP contribution in [0, 0.1) is 0 Å². The van der Waals surface area contributed by atoms with E-state index in [9.17, 15) is 0 Å². The molecule has 258 valence electrons. The Morgan fingerprint density at radius 3 is 1.55 bits per heavy atom. The normalized spacial score (nSPS) is 11.3. The molecule has 0 bridgehead atoms. The maximum absolute atomic E-state index is 5.27. The van der Waals surface area contributed by atoms with E-state index in [2.05, 4.69) is 176 Å². The second kappa shape index (κ2) is 14.1. The molecule has 0 saturated heterocycles. The second-order valence-corrected chi connectivity index (χ2v) is 14.6. The van der Waals surface area contributed by atoms with Crippen LogP contribution in [0.3, 0.4) is 0 Å². The molecule has 0 spiro atoms. The van der Waals surface area contributed by atoms with Gasteiger partial charge in [0.25, 0.3) is 0 Å². The maximum Gasteiger partial charge on any atom is 0.160 e. The topological polar surface area (TPSA) is 38.7 Å². The number of para-hydroxylation sites is 1. The van der Waals surface area contributed by atoms with Crippen molar-refractivity contribution in [1.82, 2.24) is 15.0 Å². The largest absolute Gasteiger partial charge is 0.246 e. The fourth-order valence-corrected chi connectivity index (χ4v) is 8.78. The smallest absolute Gasteiger partial charge is 0.160 e. The Labute approximate surface area is 323 Å². The number of hydrogen-bond acceptors (Lipinski definition) is 4. The van der Waals surface area contributed by atoms with Crippen molar-refractivity contribution < 1.29 is 0 Å². The monoisotopic (exact) mass is 719 g/mol. The molecular weight excluding hydrogens is 687 g/mol. The summed E-state index contributed by atoms with van der Waals surface area (Å²) in [6, 6.07) is 70.2. The molecule has 0 aliphatic rings. The SMILES string of the molecule is c1ccc(-c2ccc(-c3cc(-c4cccc(-c5c(-c6ccccc6)sc6c(-c7ccccc7)nc7ccccc7c56)c4)nc(-c4ccccc4)n3)cc2)cc1. The molecule has 0 aliphatic carbocycles. The number of fused-ring (bicyclic) bond motifs is 3. The molecule has 3 nitrogen and oxygen atoms in total. The van der Waals surface area contributed by atoms with Crippen molar-refractivity contribution in [3.05, 3.63) is 200 Å². The van der Waals surface area contributed by atoms with Gasteiger partial charge < -0.3 is 0 Å². The summed E-state index contributed by atoms with van der Waals surface area (Å²) in [6.07, 6.45) is 0. The summed E-state index contributed by atoms with van der Waals surface area (Å²) in [5.74, 6) is 0.696. The lowest BCUT2D eigenvalue weighted by atomic mass is 9.94. The third kappa shape index (κ3) is 6.19. The number of thiophene rings is 1. The highest BCUT2D eigenvalue weighted by molar-refractivity contribution is 7.23. The molecule has 10 rings (SSSR count). The minimum absolute atomic E-state index is 0.696. The summed E-state index contributed by atoms with van der Waals surface area (Å²) in [4.78, 5) is 16.8. The zero-order chi connectivity index (χ0) is 36.6. The van der Waals surface area contributed by atoms with Crippen LogP contribution in [-0.4, -0.2) is 15.0 Å². The maximum atomic E-state index is 5.27. The first-order chi connectivity index (χ1) is 27.3. The molecule has 0 N–H and O–H groups in total. The van der Waals surface area contributed by atoms with E-state index >= 15 is 0 Å². The van der Waals surface area contributed by atoms with Crippen LogP contribution in [0.1, 0.15) is 0 Å². The third-order valence-corrected chi connectivity index (χ3v) is 11.4. The average Bonchev–Trinajstić information content (AvgIpc) is 3.69. The van der Waals surface area contributed by atoms with E-state index in [1.807, 2.05) is 35.6 Å². The summed E-state index contributed by atoms with van der Waals surface area (Å²) in [7, 11) is 0. The van der Waals surface area contributed by atoms with Gasteiger partial charge in [0.2, 0.25) is 0 Å². The van der Waals surface area contributed by atoms with Crippen molar-refractivity contribution in [1.29, 1.82) is 0 Å². The van der Waals surface area contributed by atoms with E-state index in [1.54, 1.807) is 0 Å². The highest BCUT2D eigenvalue weighted by Gasteiger charge is 2.23. The third-order valence-electron chi connectivity index (χ3n) is 10.1. The number of hydrogen-bond donors (Lipinski definition) is 0. The molecule has 0 radical (unpaired) electrons. The van der Waals surface area contributed by atoms with Gasteiger partial charge in [0.15, 0.2) is 5.82 Å². The van der Waals surface area contributed by atoms with Crippen molar-refractivity contribution in [2.45, 2.75) is 0 Å². The lowest BCUT2D eigenvalue weighted by molar-refractivity contribution is 1.18. The Kier molecular flexibility index (Phi) is 8.36. The van der Waals surface area contributed by atoms with Gasteiger partial charge in [0.1, 0.15) is 0 Å². The van der Waals surface area contributed by atoms with Gasteiger partial charge >= 0.3 is 0 Å². The standard InChI is InChI=1S/C51H33N3S/c1-5-16-34(17-6-1)35-28-30-36(31-29-35)44-33-45(54-51(53-44)39-22-11-4-12-23-39)40-24-15-25-41(32-40)46-47-42-26-13-14-27-43(42)52-48(37-18-7-2-8-19-37)50(47)55-49(46)38-20-9-3-10-21-38/h1-33H. The zero-order valence-electron chi connectivity index (χ0n) is 29.8. The van der Waals surface area contributed by atoms with Gasteiger partial charge in [0, 0.05) is 43.5 Å². The quantitative estimate of drug-likeness (QED) is 0.165. The van der Waals surface area contributed by atoms with Crippen LogP contribution in [0.2, 0.25) is 0 Å². The number of benzene rings is 7. The Morgan fingerprint density at radius 1 is 0.345 bits per heavy atom. The highest BCUT2D eigenvalue weighted by Crippen LogP contribution is 2.50. The van der Waals surface area contributed by atoms with Gasteiger partial charge in [-0.05, 0) is 40.5 Å². The Bertz CT molecular complexity index is 2940. The van der Waals surface area contributed by atoms with Gasteiger partial charge in [0.05, 0.1) is 27.3 Å². The molecule has 7 aromatic carbocycles. The molecule has 0 unspecified atom stereocenters. The van der Waals surface area contributed by atoms with Crippen LogP contribution in [0.15, 0.2) is 200 Å². The van der Waals surface area contributed by atoms with Crippen molar-refractivity contribution in [3.63, 3.8) is 0 Å². The molecule has 4 heteroatoms. The number of nitrogens with zero attached hydrogens (tertiary/aromatic N) is 3.